The number of phenolic OH excluding ortho intramolecular Hbond substituents is 1. The van der Waals surface area contributed by atoms with E-state index in [0.717, 1.165) is 16.7 Å². The summed E-state index contributed by atoms with van der Waals surface area (Å²) in [6.07, 6.45) is 2.28. The van der Waals surface area contributed by atoms with Gasteiger partial charge in [0.2, 0.25) is 11.9 Å². The van der Waals surface area contributed by atoms with Crippen LogP contribution >= 0.6 is 0 Å². The molecule has 2 heterocycles. The molecule has 2 N–H and O–H groups in total. The van der Waals surface area contributed by atoms with Crippen molar-refractivity contribution >= 4 is 23.0 Å². The number of carbonyl (C=O) groups excluding carboxylic acids is 1. The summed E-state index contributed by atoms with van der Waals surface area (Å²) in [4.78, 5) is 21.7. The first-order valence-corrected chi connectivity index (χ1v) is 8.31. The van der Waals surface area contributed by atoms with E-state index in [1.807, 2.05) is 49.6 Å². The molecule has 0 unspecified atom stereocenters. The van der Waals surface area contributed by atoms with Gasteiger partial charge in [0.25, 0.3) is 0 Å². The second-order valence-electron chi connectivity index (χ2n) is 6.71. The minimum atomic E-state index is -0.624. The lowest BCUT2D eigenvalue weighted by Gasteiger charge is -2.23. The number of anilines is 1. The number of aromatic hydroxyl groups is 1. The molecule has 1 aromatic carbocycles. The molecule has 0 atom stereocenters. The highest BCUT2D eigenvalue weighted by atomic mass is 16.3. The number of aryl methyl sites for hydroxylation is 1. The SMILES string of the molecule is CCn1c(NC(=O)C(C)(C)Cc2ccc(O)cc2)nc2cccnc21. The Morgan fingerprint density at radius 2 is 1.96 bits per heavy atom. The van der Waals surface area contributed by atoms with Gasteiger partial charge in [-0.25, -0.2) is 9.97 Å². The van der Waals surface area contributed by atoms with E-state index in [1.54, 1.807) is 18.3 Å². The first-order chi connectivity index (χ1) is 11.9. The van der Waals surface area contributed by atoms with Crippen LogP contribution in [0.15, 0.2) is 42.6 Å². The summed E-state index contributed by atoms with van der Waals surface area (Å²) in [5.74, 6) is 0.626. The van der Waals surface area contributed by atoms with Crippen molar-refractivity contribution in [3.63, 3.8) is 0 Å². The average molecular weight is 338 g/mol. The van der Waals surface area contributed by atoms with Crippen LogP contribution in [0.3, 0.4) is 0 Å². The Balaban J connectivity index is 1.82. The van der Waals surface area contributed by atoms with Gasteiger partial charge in [-0.15, -0.1) is 0 Å². The van der Waals surface area contributed by atoms with Crippen molar-refractivity contribution in [2.45, 2.75) is 33.7 Å². The fourth-order valence-corrected chi connectivity index (χ4v) is 2.83. The molecule has 0 spiro atoms. The molecule has 0 aliphatic rings. The molecule has 0 saturated carbocycles. The Labute approximate surface area is 146 Å². The van der Waals surface area contributed by atoms with Crippen LogP contribution in [0.2, 0.25) is 0 Å². The molecule has 3 aromatic rings. The van der Waals surface area contributed by atoms with Crippen LogP contribution in [0, 0.1) is 5.41 Å². The van der Waals surface area contributed by atoms with Crippen LogP contribution in [-0.2, 0) is 17.8 Å². The predicted octanol–water partition coefficient (Wildman–Crippen LogP) is 3.36. The minimum Gasteiger partial charge on any atom is -0.508 e. The van der Waals surface area contributed by atoms with E-state index in [1.165, 1.54) is 0 Å². The summed E-state index contributed by atoms with van der Waals surface area (Å²) in [6, 6.07) is 10.6. The van der Waals surface area contributed by atoms with Crippen LogP contribution in [0.25, 0.3) is 11.2 Å². The van der Waals surface area contributed by atoms with Gasteiger partial charge in [0.15, 0.2) is 5.65 Å². The molecule has 0 saturated heterocycles. The van der Waals surface area contributed by atoms with Crippen LogP contribution < -0.4 is 5.32 Å². The third kappa shape index (κ3) is 3.47. The first kappa shape index (κ1) is 17.0. The maximum absolute atomic E-state index is 12.8. The molecule has 0 bridgehead atoms. The number of pyridine rings is 1. The summed E-state index contributed by atoms with van der Waals surface area (Å²) in [6.45, 7) is 6.45. The maximum Gasteiger partial charge on any atom is 0.232 e. The highest BCUT2D eigenvalue weighted by Crippen LogP contribution is 2.26. The summed E-state index contributed by atoms with van der Waals surface area (Å²) in [7, 11) is 0. The van der Waals surface area contributed by atoms with Crippen molar-refractivity contribution in [2.24, 2.45) is 5.41 Å². The van der Waals surface area contributed by atoms with E-state index in [4.69, 9.17) is 0 Å². The smallest absolute Gasteiger partial charge is 0.232 e. The Morgan fingerprint density at radius 1 is 1.24 bits per heavy atom. The molecule has 0 aliphatic carbocycles. The molecular weight excluding hydrogens is 316 g/mol. The first-order valence-electron chi connectivity index (χ1n) is 8.31. The highest BCUT2D eigenvalue weighted by molar-refractivity contribution is 5.95. The monoisotopic (exact) mass is 338 g/mol. The number of rotatable bonds is 5. The molecule has 1 amide bonds. The molecule has 130 valence electrons. The van der Waals surface area contributed by atoms with E-state index in [2.05, 4.69) is 15.3 Å². The highest BCUT2D eigenvalue weighted by Gasteiger charge is 2.29. The molecule has 0 fully saturated rings. The van der Waals surface area contributed by atoms with E-state index in [-0.39, 0.29) is 11.7 Å². The molecule has 6 nitrogen and oxygen atoms in total. The zero-order valence-corrected chi connectivity index (χ0v) is 14.7. The average Bonchev–Trinajstić information content (AvgIpc) is 2.93. The zero-order chi connectivity index (χ0) is 18.0. The van der Waals surface area contributed by atoms with Gasteiger partial charge >= 0.3 is 0 Å². The molecule has 0 radical (unpaired) electrons. The Kier molecular flexibility index (Phi) is 4.44. The van der Waals surface area contributed by atoms with Crippen LogP contribution in [0.1, 0.15) is 26.3 Å². The van der Waals surface area contributed by atoms with Crippen molar-refractivity contribution in [1.29, 1.82) is 0 Å². The van der Waals surface area contributed by atoms with E-state index < -0.39 is 5.41 Å². The van der Waals surface area contributed by atoms with E-state index >= 15 is 0 Å². The van der Waals surface area contributed by atoms with Gasteiger partial charge in [-0.2, -0.15) is 0 Å². The zero-order valence-electron chi connectivity index (χ0n) is 14.7. The molecule has 3 rings (SSSR count). The molecule has 6 heteroatoms. The van der Waals surface area contributed by atoms with Crippen molar-refractivity contribution in [3.05, 3.63) is 48.2 Å². The van der Waals surface area contributed by atoms with Crippen LogP contribution in [0.4, 0.5) is 5.95 Å². The van der Waals surface area contributed by atoms with Gasteiger partial charge in [0, 0.05) is 18.2 Å². The third-order valence-electron chi connectivity index (χ3n) is 4.24. The van der Waals surface area contributed by atoms with Crippen LogP contribution in [-0.4, -0.2) is 25.5 Å². The fourth-order valence-electron chi connectivity index (χ4n) is 2.83. The summed E-state index contributed by atoms with van der Waals surface area (Å²) < 4.78 is 1.89. The number of nitrogens with one attached hydrogen (secondary N) is 1. The fraction of sp³-hybridized carbons (Fsp3) is 0.316. The Hall–Kier alpha value is -2.89. The minimum absolute atomic E-state index is 0.106. The number of aromatic nitrogens is 3. The lowest BCUT2D eigenvalue weighted by atomic mass is 9.85. The number of carbonyl (C=O) groups is 1. The van der Waals surface area contributed by atoms with E-state index in [9.17, 15) is 9.90 Å². The second kappa shape index (κ2) is 6.55. The Morgan fingerprint density at radius 3 is 2.64 bits per heavy atom. The lowest BCUT2D eigenvalue weighted by molar-refractivity contribution is -0.124. The number of nitrogens with zero attached hydrogens (tertiary/aromatic N) is 3. The number of hydrogen-bond acceptors (Lipinski definition) is 4. The van der Waals surface area contributed by atoms with Gasteiger partial charge < -0.3 is 5.11 Å². The van der Waals surface area contributed by atoms with Gasteiger partial charge in [-0.1, -0.05) is 26.0 Å². The molecule has 2 aromatic heterocycles. The van der Waals surface area contributed by atoms with Gasteiger partial charge in [0.1, 0.15) is 11.3 Å². The maximum atomic E-state index is 12.8. The number of fused-ring (bicyclic) bond motifs is 1. The number of phenols is 1. The van der Waals surface area contributed by atoms with Gasteiger partial charge in [0.05, 0.1) is 0 Å². The molecule has 25 heavy (non-hydrogen) atoms. The van der Waals surface area contributed by atoms with Crippen molar-refractivity contribution in [2.75, 3.05) is 5.32 Å². The van der Waals surface area contributed by atoms with Crippen molar-refractivity contribution in [3.8, 4) is 5.75 Å². The normalized spacial score (nSPS) is 11.6. The van der Waals surface area contributed by atoms with Crippen molar-refractivity contribution < 1.29 is 9.90 Å². The van der Waals surface area contributed by atoms with Crippen molar-refractivity contribution in [1.82, 2.24) is 14.5 Å². The van der Waals surface area contributed by atoms with Gasteiger partial charge in [-0.3, -0.25) is 14.7 Å². The number of amides is 1. The second-order valence-corrected chi connectivity index (χ2v) is 6.71. The van der Waals surface area contributed by atoms with Gasteiger partial charge in [-0.05, 0) is 43.2 Å². The lowest BCUT2D eigenvalue weighted by Crippen LogP contribution is -2.33. The molecular formula is C19H22N4O2. The Bertz CT molecular complexity index is 897. The van der Waals surface area contributed by atoms with Crippen LogP contribution in [0.5, 0.6) is 5.75 Å². The molecule has 0 aliphatic heterocycles. The number of imidazole rings is 1. The predicted molar refractivity (Wildman–Crippen MR) is 97.4 cm³/mol. The third-order valence-corrected chi connectivity index (χ3v) is 4.24. The number of benzene rings is 1. The quantitative estimate of drug-likeness (QED) is 0.747. The summed E-state index contributed by atoms with van der Waals surface area (Å²) in [5, 5.41) is 12.3. The summed E-state index contributed by atoms with van der Waals surface area (Å²) in [5.41, 5.74) is 1.89. The largest absolute Gasteiger partial charge is 0.508 e. The summed E-state index contributed by atoms with van der Waals surface area (Å²) >= 11 is 0. The van der Waals surface area contributed by atoms with E-state index in [0.29, 0.717) is 18.9 Å². The topological polar surface area (TPSA) is 80.0 Å². The standard InChI is InChI=1S/C19H22N4O2/c1-4-23-16-15(6-5-11-20-16)21-18(23)22-17(25)19(2,3)12-13-7-9-14(24)10-8-13/h5-11,24H,4,12H2,1-3H3,(H,21,22,25). The number of hydrogen-bond donors (Lipinski definition) is 2.